The molecule has 266 valence electrons. The normalized spacial score (nSPS) is 11.9. The van der Waals surface area contributed by atoms with Crippen LogP contribution in [0.4, 0.5) is 0 Å². The van der Waals surface area contributed by atoms with Crippen molar-refractivity contribution >= 4 is 65.6 Å². The number of fused-ring (bicyclic) bond motifs is 9. The number of aromatic nitrogens is 2. The van der Waals surface area contributed by atoms with Gasteiger partial charge in [0.2, 0.25) is 0 Å². The van der Waals surface area contributed by atoms with Crippen molar-refractivity contribution in [1.82, 2.24) is 9.13 Å². The Balaban J connectivity index is 1.16. The zero-order valence-corrected chi connectivity index (χ0v) is 30.9. The lowest BCUT2D eigenvalue weighted by atomic mass is 9.95. The van der Waals surface area contributed by atoms with Gasteiger partial charge in [-0.15, -0.1) is 0 Å². The van der Waals surface area contributed by atoms with Crippen LogP contribution < -0.4 is 0 Å². The predicted octanol–water partition coefficient (Wildman–Crippen LogP) is 14.8. The molecule has 12 aromatic rings. The van der Waals surface area contributed by atoms with Gasteiger partial charge in [0.05, 0.1) is 38.8 Å². The summed E-state index contributed by atoms with van der Waals surface area (Å²) in [7, 11) is 0. The molecule has 0 saturated carbocycles. The Morgan fingerprint density at radius 3 is 1.40 bits per heavy atom. The van der Waals surface area contributed by atoms with E-state index in [4.69, 9.17) is 4.42 Å². The average molecular weight is 727 g/mol. The molecular formula is C54H34N2O. The first-order valence-corrected chi connectivity index (χ1v) is 19.5. The molecule has 0 amide bonds. The molecule has 0 unspecified atom stereocenters. The van der Waals surface area contributed by atoms with Crippen LogP contribution in [-0.4, -0.2) is 9.13 Å². The lowest BCUT2D eigenvalue weighted by molar-refractivity contribution is 0.670. The fourth-order valence-corrected chi connectivity index (χ4v) is 9.38. The molecule has 9 aromatic carbocycles. The van der Waals surface area contributed by atoms with E-state index < -0.39 is 0 Å². The van der Waals surface area contributed by atoms with Crippen LogP contribution in [-0.2, 0) is 0 Å². The maximum atomic E-state index is 6.74. The molecule has 3 heteroatoms. The van der Waals surface area contributed by atoms with Gasteiger partial charge in [-0.25, -0.2) is 0 Å². The standard InChI is InChI=1S/C54H34N2O/c1-3-17-35(18-4-1)37-21-7-11-27-44(37)55-45-28-12-8-22-41(45)51-39(25-15-30-47(51)55)40-26-16-31-48-52(40)42-23-9-13-29-46(42)56(48)49-34-33-38(36-19-5-2-6-20-36)54-53(49)43-24-10-14-32-50(43)57-54/h1-34H. The van der Waals surface area contributed by atoms with E-state index in [0.29, 0.717) is 0 Å². The molecule has 0 aliphatic rings. The number of para-hydroxylation sites is 4. The SMILES string of the molecule is c1ccc(-c2ccccc2-n2c3ccccc3c3c(-c4cccc5c4c4ccccc4n5-c4ccc(-c5ccccc5)c5oc6ccccc6c45)cccc32)cc1. The highest BCUT2D eigenvalue weighted by Gasteiger charge is 2.24. The van der Waals surface area contributed by atoms with Gasteiger partial charge in [-0.05, 0) is 70.8 Å². The number of hydrogen-bond donors (Lipinski definition) is 0. The first kappa shape index (κ1) is 31.7. The van der Waals surface area contributed by atoms with E-state index >= 15 is 0 Å². The minimum absolute atomic E-state index is 0.885. The van der Waals surface area contributed by atoms with Gasteiger partial charge < -0.3 is 13.6 Å². The van der Waals surface area contributed by atoms with Crippen LogP contribution in [0.3, 0.4) is 0 Å². The van der Waals surface area contributed by atoms with Crippen LogP contribution in [0.15, 0.2) is 211 Å². The van der Waals surface area contributed by atoms with Gasteiger partial charge in [0.25, 0.3) is 0 Å². The van der Waals surface area contributed by atoms with E-state index in [1.54, 1.807) is 0 Å². The Hall–Kier alpha value is -7.62. The zero-order valence-electron chi connectivity index (χ0n) is 30.9. The second-order valence-electron chi connectivity index (χ2n) is 14.8. The first-order valence-electron chi connectivity index (χ1n) is 19.5. The Morgan fingerprint density at radius 2 is 0.754 bits per heavy atom. The summed E-state index contributed by atoms with van der Waals surface area (Å²) in [5, 5.41) is 7.14. The molecule has 3 aromatic heterocycles. The molecular weight excluding hydrogens is 693 g/mol. The van der Waals surface area contributed by atoms with Gasteiger partial charge in [-0.3, -0.25) is 0 Å². The molecule has 3 nitrogen and oxygen atoms in total. The lowest BCUT2D eigenvalue weighted by Crippen LogP contribution is -1.97. The van der Waals surface area contributed by atoms with Crippen molar-refractivity contribution in [3.63, 3.8) is 0 Å². The van der Waals surface area contributed by atoms with Gasteiger partial charge in [-0.2, -0.15) is 0 Å². The lowest BCUT2D eigenvalue weighted by Gasteiger charge is -2.14. The molecule has 12 rings (SSSR count). The maximum Gasteiger partial charge on any atom is 0.145 e. The van der Waals surface area contributed by atoms with Crippen molar-refractivity contribution in [3.8, 4) is 44.8 Å². The van der Waals surface area contributed by atoms with Crippen molar-refractivity contribution in [2.45, 2.75) is 0 Å². The van der Waals surface area contributed by atoms with Crippen molar-refractivity contribution in [1.29, 1.82) is 0 Å². The predicted molar refractivity (Wildman–Crippen MR) is 239 cm³/mol. The fraction of sp³-hybridized carbons (Fsp3) is 0. The monoisotopic (exact) mass is 726 g/mol. The third-order valence-corrected chi connectivity index (χ3v) is 11.7. The van der Waals surface area contributed by atoms with Crippen LogP contribution in [0.2, 0.25) is 0 Å². The fourth-order valence-electron chi connectivity index (χ4n) is 9.38. The molecule has 0 atom stereocenters. The number of rotatable bonds is 5. The van der Waals surface area contributed by atoms with Gasteiger partial charge >= 0.3 is 0 Å². The largest absolute Gasteiger partial charge is 0.455 e. The van der Waals surface area contributed by atoms with Gasteiger partial charge in [0.1, 0.15) is 11.2 Å². The third kappa shape index (κ3) is 4.66. The molecule has 0 N–H and O–H groups in total. The van der Waals surface area contributed by atoms with Crippen LogP contribution in [0.25, 0.3) is 110 Å². The Morgan fingerprint density at radius 1 is 0.281 bits per heavy atom. The molecule has 0 bridgehead atoms. The summed E-state index contributed by atoms with van der Waals surface area (Å²) in [6.45, 7) is 0. The molecule has 0 saturated heterocycles. The Bertz CT molecular complexity index is 3510. The van der Waals surface area contributed by atoms with Gasteiger partial charge in [-0.1, -0.05) is 158 Å². The van der Waals surface area contributed by atoms with Crippen molar-refractivity contribution in [2.75, 3.05) is 0 Å². The van der Waals surface area contributed by atoms with Gasteiger partial charge in [0, 0.05) is 38.1 Å². The highest BCUT2D eigenvalue weighted by Crippen LogP contribution is 2.47. The van der Waals surface area contributed by atoms with Crippen molar-refractivity contribution in [3.05, 3.63) is 206 Å². The summed E-state index contributed by atoms with van der Waals surface area (Å²) in [5.41, 5.74) is 15.8. The van der Waals surface area contributed by atoms with E-state index in [0.717, 1.165) is 55.5 Å². The summed E-state index contributed by atoms with van der Waals surface area (Å²) < 4.78 is 11.6. The summed E-state index contributed by atoms with van der Waals surface area (Å²) in [6.07, 6.45) is 0. The number of furan rings is 1. The zero-order chi connectivity index (χ0) is 37.5. The molecule has 0 aliphatic carbocycles. The summed E-state index contributed by atoms with van der Waals surface area (Å²) >= 11 is 0. The molecule has 3 heterocycles. The molecule has 0 aliphatic heterocycles. The third-order valence-electron chi connectivity index (χ3n) is 11.7. The second-order valence-corrected chi connectivity index (χ2v) is 14.8. The summed E-state index contributed by atoms with van der Waals surface area (Å²) in [6, 6.07) is 74.3. The molecule has 0 radical (unpaired) electrons. The van der Waals surface area contributed by atoms with Crippen molar-refractivity contribution < 1.29 is 4.42 Å². The highest BCUT2D eigenvalue weighted by atomic mass is 16.3. The number of benzene rings is 9. The highest BCUT2D eigenvalue weighted by molar-refractivity contribution is 6.23. The van der Waals surface area contributed by atoms with E-state index in [-0.39, 0.29) is 0 Å². The van der Waals surface area contributed by atoms with Crippen LogP contribution in [0.1, 0.15) is 0 Å². The van der Waals surface area contributed by atoms with Crippen LogP contribution in [0.5, 0.6) is 0 Å². The van der Waals surface area contributed by atoms with E-state index in [2.05, 4.69) is 215 Å². The van der Waals surface area contributed by atoms with E-state index in [9.17, 15) is 0 Å². The molecule has 0 fully saturated rings. The van der Waals surface area contributed by atoms with E-state index in [1.165, 1.54) is 54.8 Å². The summed E-state index contributed by atoms with van der Waals surface area (Å²) in [4.78, 5) is 0. The second kappa shape index (κ2) is 12.5. The average Bonchev–Trinajstić information content (AvgIpc) is 3.95. The minimum Gasteiger partial charge on any atom is -0.455 e. The summed E-state index contributed by atoms with van der Waals surface area (Å²) in [5.74, 6) is 0. The molecule has 57 heavy (non-hydrogen) atoms. The number of hydrogen-bond acceptors (Lipinski definition) is 1. The Labute approximate surface area is 328 Å². The Kier molecular flexibility index (Phi) is 6.93. The molecule has 0 spiro atoms. The van der Waals surface area contributed by atoms with Crippen molar-refractivity contribution in [2.24, 2.45) is 0 Å². The maximum absolute atomic E-state index is 6.74. The van der Waals surface area contributed by atoms with Gasteiger partial charge in [0.15, 0.2) is 0 Å². The smallest absolute Gasteiger partial charge is 0.145 e. The number of nitrogens with zero attached hydrogens (tertiary/aromatic N) is 2. The topological polar surface area (TPSA) is 23.0 Å². The quantitative estimate of drug-likeness (QED) is 0.173. The van der Waals surface area contributed by atoms with E-state index in [1.807, 2.05) is 0 Å². The minimum atomic E-state index is 0.885. The van der Waals surface area contributed by atoms with Crippen LogP contribution in [0, 0.1) is 0 Å². The van der Waals surface area contributed by atoms with Crippen LogP contribution >= 0.6 is 0 Å². The first-order chi connectivity index (χ1) is 28.3.